The maximum atomic E-state index is 15.5. The van der Waals surface area contributed by atoms with Gasteiger partial charge in [-0.2, -0.15) is 0 Å². The number of benzene rings is 4. The number of H-pyrrole nitrogens is 1. The number of esters is 1. The number of carboxylic acids is 2. The van der Waals surface area contributed by atoms with Crippen LogP contribution in [0.1, 0.15) is 102 Å². The van der Waals surface area contributed by atoms with E-state index < -0.39 is 206 Å². The quantitative estimate of drug-likeness (QED) is 0.0180. The topological polar surface area (TPSA) is 560 Å². The summed E-state index contributed by atoms with van der Waals surface area (Å²) in [6.45, 7) is 5.11. The smallest absolute Gasteiger partial charge is 0.306 e. The fourth-order valence-electron chi connectivity index (χ4n) is 10.8. The van der Waals surface area contributed by atoms with Crippen molar-refractivity contribution in [3.63, 3.8) is 0 Å². The second-order valence-electron chi connectivity index (χ2n) is 26.1. The van der Waals surface area contributed by atoms with Gasteiger partial charge in [0, 0.05) is 38.3 Å². The largest absolute Gasteiger partial charge is 0.497 e. The molecule has 35 nitrogen and oxygen atoms in total. The number of nitrogens with one attached hydrogen (secondary N) is 11. The lowest BCUT2D eigenvalue weighted by Gasteiger charge is -2.34. The Morgan fingerprint density at radius 3 is 1.81 bits per heavy atom. The summed E-state index contributed by atoms with van der Waals surface area (Å²) >= 11 is 0. The van der Waals surface area contributed by atoms with E-state index in [4.69, 9.17) is 20.9 Å². The molecule has 11 atom stereocenters. The third-order valence-electron chi connectivity index (χ3n) is 16.9. The number of primary amides is 1. The molecule has 1 aromatic heterocycles. The Balaban J connectivity index is 1.32. The highest BCUT2D eigenvalue weighted by molar-refractivity contribution is 6.01. The van der Waals surface area contributed by atoms with Gasteiger partial charge in [-0.15, -0.1) is 0 Å². The van der Waals surface area contributed by atoms with Crippen LogP contribution in [0.15, 0.2) is 110 Å². The molecule has 108 heavy (non-hydrogen) atoms. The van der Waals surface area contributed by atoms with E-state index in [2.05, 4.69) is 63.1 Å². The van der Waals surface area contributed by atoms with Gasteiger partial charge in [0.15, 0.2) is 0 Å². The van der Waals surface area contributed by atoms with Crippen LogP contribution < -0.4 is 69.4 Å². The highest BCUT2D eigenvalue weighted by atomic mass is 19.1. The van der Waals surface area contributed by atoms with E-state index in [-0.39, 0.29) is 31.4 Å². The number of aliphatic hydroxyl groups is 3. The monoisotopic (exact) mass is 1510 g/mol. The maximum absolute atomic E-state index is 15.5. The van der Waals surface area contributed by atoms with Gasteiger partial charge in [0.1, 0.15) is 71.5 Å². The molecule has 0 unspecified atom stereocenters. The molecule has 0 fully saturated rings. The van der Waals surface area contributed by atoms with Crippen LogP contribution in [0.4, 0.5) is 4.39 Å². The number of hydrogen-bond acceptors (Lipinski definition) is 21. The summed E-state index contributed by atoms with van der Waals surface area (Å²) in [5.41, 5.74) is 11.3. The lowest BCUT2D eigenvalue weighted by atomic mass is 9.90. The zero-order chi connectivity index (χ0) is 80.2. The van der Waals surface area contributed by atoms with Crippen molar-refractivity contribution in [2.24, 2.45) is 11.5 Å². The number of amides is 11. The standard InChI is InChI=1S/C72H93FN14O21/c1-8-42-29-46(107-7)22-23-47(42)43-20-18-40(19-21-43)28-52(64(100)79-50(61(75)97)25-27-58(96)108-36-41-14-10-9-11-15-41)80-65(101)53(31-57(94)95)81-66(102)54(35-88)82-67(103)59(38(2)89)85-70(106)72(6,32-44-16-12-13-17-48(44)73)87-68(104)60(39(3)90)84-55(91)34-77-63(99)51(24-26-56(92)93)83-69(105)71(4,5)86-62(98)49(74)30-45-33-76-37-78-45/h9-23,29,33,37-39,49-54,59-60,88-90H,8,24-28,30-32,34-36,74H2,1-7H3,(H2,75,97)(H,76,78)(H,77,99)(H,79,100)(H,80,101)(H,81,102)(H,82,103)(H,83,105)(H,84,91)(H,85,106)(H,86,98)(H,87,104)(H,92,93)(H,94,95)/t38-,39-,49+,50+,51+,52+,53+,54+,59+,60+,72+/m1/s1. The normalized spacial score (nSPS) is 14.5. The molecule has 36 heteroatoms. The second kappa shape index (κ2) is 41.2. The van der Waals surface area contributed by atoms with Gasteiger partial charge < -0.3 is 105 Å². The highest BCUT2D eigenvalue weighted by Gasteiger charge is 2.43. The van der Waals surface area contributed by atoms with Gasteiger partial charge in [-0.3, -0.25) is 67.1 Å². The van der Waals surface area contributed by atoms with Crippen LogP contribution in [0.25, 0.3) is 11.1 Å². The number of aromatic amines is 1. The average molecular weight is 1510 g/mol. The van der Waals surface area contributed by atoms with Gasteiger partial charge in [-0.05, 0) is 105 Å². The first-order valence-corrected chi connectivity index (χ1v) is 34.1. The predicted molar refractivity (Wildman–Crippen MR) is 381 cm³/mol. The molecule has 0 aliphatic heterocycles. The van der Waals surface area contributed by atoms with Gasteiger partial charge in [0.25, 0.3) is 0 Å². The number of ether oxygens (including phenoxy) is 2. The number of aliphatic hydroxyl groups excluding tert-OH is 3. The highest BCUT2D eigenvalue weighted by Crippen LogP contribution is 2.29. The molecule has 5 aromatic rings. The Morgan fingerprint density at radius 2 is 1.21 bits per heavy atom. The zero-order valence-electron chi connectivity index (χ0n) is 60.4. The van der Waals surface area contributed by atoms with Gasteiger partial charge in [0.05, 0.1) is 57.0 Å². The van der Waals surface area contributed by atoms with E-state index in [9.17, 15) is 92.7 Å². The van der Waals surface area contributed by atoms with Crippen molar-refractivity contribution in [1.29, 1.82) is 0 Å². The lowest BCUT2D eigenvalue weighted by molar-refractivity contribution is -0.145. The fraction of sp³-hybridized carbons (Fsp3) is 0.431. The van der Waals surface area contributed by atoms with Crippen LogP contribution in [0.2, 0.25) is 0 Å². The van der Waals surface area contributed by atoms with Crippen LogP contribution in [0.5, 0.6) is 5.75 Å². The molecule has 20 N–H and O–H groups in total. The molecule has 0 aliphatic carbocycles. The first-order valence-electron chi connectivity index (χ1n) is 34.1. The molecule has 11 amide bonds. The van der Waals surface area contributed by atoms with Crippen molar-refractivity contribution in [1.82, 2.24) is 63.1 Å². The van der Waals surface area contributed by atoms with E-state index in [0.29, 0.717) is 29.0 Å². The summed E-state index contributed by atoms with van der Waals surface area (Å²) in [6, 6.07) is 11.3. The number of rotatable bonds is 43. The molecule has 0 saturated carbocycles. The van der Waals surface area contributed by atoms with Crippen molar-refractivity contribution >= 4 is 82.9 Å². The van der Waals surface area contributed by atoms with E-state index >= 15 is 4.39 Å². The molecule has 5 rings (SSSR count). The number of aryl methyl sites for hydroxylation is 1. The SMILES string of the molecule is CCc1cc(OC)ccc1-c1ccc(C[C@H](NC(=O)[C@H](CC(=O)O)NC(=O)[C@H](CO)NC(=O)[C@@H](NC(=O)[C@](C)(Cc2ccccc2F)NC(=O)[C@@H](NC(=O)CNC(=O)[C@H](CCC(=O)O)NC(=O)C(C)(C)NC(=O)[C@@H](N)Cc2c[nH]cn2)[C@@H](C)O)[C@@H](C)O)C(=O)N[C@@H](CCC(=O)OCc2ccccc2)C(N)=O)cc1. The van der Waals surface area contributed by atoms with Crippen molar-refractivity contribution in [3.05, 3.63) is 143 Å². The maximum Gasteiger partial charge on any atom is 0.306 e. The van der Waals surface area contributed by atoms with Crippen LogP contribution in [-0.2, 0) is 104 Å². The van der Waals surface area contributed by atoms with Crippen molar-refractivity contribution < 1.29 is 107 Å². The molecule has 0 spiro atoms. The third kappa shape index (κ3) is 27.0. The number of hydrogen-bond donors (Lipinski definition) is 18. The van der Waals surface area contributed by atoms with E-state index in [0.717, 1.165) is 43.5 Å². The fourth-order valence-corrected chi connectivity index (χ4v) is 10.8. The Morgan fingerprint density at radius 1 is 0.611 bits per heavy atom. The van der Waals surface area contributed by atoms with Gasteiger partial charge in [-0.1, -0.05) is 85.8 Å². The van der Waals surface area contributed by atoms with E-state index in [1.807, 2.05) is 19.1 Å². The first-order chi connectivity index (χ1) is 51.0. The van der Waals surface area contributed by atoms with Gasteiger partial charge in [-0.25, -0.2) is 9.37 Å². The molecule has 4 aromatic carbocycles. The number of aromatic nitrogens is 2. The lowest BCUT2D eigenvalue weighted by Crippen LogP contribution is -2.67. The van der Waals surface area contributed by atoms with Gasteiger partial charge >= 0.3 is 17.9 Å². The molecule has 0 bridgehead atoms. The third-order valence-corrected chi connectivity index (χ3v) is 16.9. The molecule has 1 heterocycles. The Labute approximate surface area is 619 Å². The summed E-state index contributed by atoms with van der Waals surface area (Å²) in [4.78, 5) is 196. The molecule has 0 radical (unpaired) electrons. The van der Waals surface area contributed by atoms with E-state index in [1.54, 1.807) is 60.7 Å². The minimum absolute atomic E-state index is 0.0202. The van der Waals surface area contributed by atoms with Crippen molar-refractivity contribution in [2.45, 2.75) is 178 Å². The van der Waals surface area contributed by atoms with Crippen LogP contribution >= 0.6 is 0 Å². The van der Waals surface area contributed by atoms with Crippen LogP contribution in [0, 0.1) is 5.82 Å². The predicted octanol–water partition coefficient (Wildman–Crippen LogP) is -2.48. The Bertz CT molecular complexity index is 4000. The molecular formula is C72H93FN14O21. The van der Waals surface area contributed by atoms with Crippen LogP contribution in [0.3, 0.4) is 0 Å². The molecular weight excluding hydrogens is 1420 g/mol. The molecule has 0 aliphatic rings. The summed E-state index contributed by atoms with van der Waals surface area (Å²) < 4.78 is 26.2. The van der Waals surface area contributed by atoms with Gasteiger partial charge in [0.2, 0.25) is 65.0 Å². The summed E-state index contributed by atoms with van der Waals surface area (Å²) in [6.07, 6.45) is -4.61. The zero-order valence-corrected chi connectivity index (χ0v) is 60.4. The number of aliphatic carboxylic acids is 2. The number of methoxy groups -OCH3 is 1. The molecule has 0 saturated heterocycles. The van der Waals surface area contributed by atoms with Crippen molar-refractivity contribution in [2.75, 3.05) is 20.3 Å². The average Bonchev–Trinajstić information content (AvgIpc) is 0.858. The second-order valence-corrected chi connectivity index (χ2v) is 26.1. The summed E-state index contributed by atoms with van der Waals surface area (Å²) in [5.74, 6) is -17.3. The van der Waals surface area contributed by atoms with Crippen LogP contribution in [-0.4, -0.2) is 210 Å². The number of carboxylic acid groups (broad SMARTS) is 2. The number of nitrogens with zero attached hydrogens (tertiary/aromatic N) is 1. The number of carbonyl (C=O) groups excluding carboxylic acids is 12. The number of carbonyl (C=O) groups is 14. The minimum atomic E-state index is -2.44. The first kappa shape index (κ1) is 86.9. The number of halogens is 1. The minimum Gasteiger partial charge on any atom is -0.497 e. The Hall–Kier alpha value is -11.8. The molecule has 584 valence electrons. The summed E-state index contributed by atoms with van der Waals surface area (Å²) in [7, 11) is 1.53. The van der Waals surface area contributed by atoms with Crippen molar-refractivity contribution in [3.8, 4) is 16.9 Å². The Kier molecular flexibility index (Phi) is 33.2. The van der Waals surface area contributed by atoms with E-state index in [1.165, 1.54) is 51.7 Å². The number of nitrogens with two attached hydrogens (primary N) is 2. The summed E-state index contributed by atoms with van der Waals surface area (Å²) in [5, 5.41) is 74.7. The number of imidazole rings is 1.